The average molecular weight is 1400 g/mol. The third-order valence-corrected chi connectivity index (χ3v) is 19.6. The Kier molecular flexibility index (Phi) is 34.4. The molecule has 0 amide bonds. The van der Waals surface area contributed by atoms with Crippen LogP contribution in [0.5, 0.6) is 0 Å². The van der Waals surface area contributed by atoms with E-state index in [1.165, 1.54) is 33.8 Å². The molecule has 0 bridgehead atoms. The van der Waals surface area contributed by atoms with E-state index in [-0.39, 0.29) is 18.9 Å². The highest BCUT2D eigenvalue weighted by molar-refractivity contribution is 5.87. The molecule has 6 saturated heterocycles. The van der Waals surface area contributed by atoms with Crippen LogP contribution in [0.4, 0.5) is 0 Å². The van der Waals surface area contributed by atoms with E-state index in [0.717, 1.165) is 102 Å². The Bertz CT molecular complexity index is 2510. The van der Waals surface area contributed by atoms with Gasteiger partial charge in [-0.25, -0.2) is 4.79 Å². The Morgan fingerprint density at radius 1 is 0.520 bits per heavy atom. The fourth-order valence-corrected chi connectivity index (χ4v) is 13.4. The van der Waals surface area contributed by atoms with Crippen LogP contribution in [0.15, 0.2) is 36.4 Å². The molecule has 1 aromatic rings. The molecule has 98 heavy (non-hydrogen) atoms. The Morgan fingerprint density at radius 3 is 1.78 bits per heavy atom. The summed E-state index contributed by atoms with van der Waals surface area (Å²) in [6, 6.07) is 8.83. The molecule has 6 fully saturated rings. The summed E-state index contributed by atoms with van der Waals surface area (Å²) in [5.74, 6) is -3.73. The lowest BCUT2D eigenvalue weighted by Crippen LogP contribution is -2.68. The molecule has 560 valence electrons. The van der Waals surface area contributed by atoms with Crippen LogP contribution in [-0.4, -0.2) is 231 Å². The Balaban J connectivity index is 1.26. The van der Waals surface area contributed by atoms with Gasteiger partial charge in [-0.05, 0) is 71.4 Å². The van der Waals surface area contributed by atoms with Crippen molar-refractivity contribution in [1.29, 1.82) is 0 Å². The highest BCUT2D eigenvalue weighted by Crippen LogP contribution is 2.40. The van der Waals surface area contributed by atoms with Crippen molar-refractivity contribution in [3.63, 3.8) is 0 Å². The minimum atomic E-state index is -1.96. The van der Waals surface area contributed by atoms with Gasteiger partial charge in [-0.1, -0.05) is 167 Å². The summed E-state index contributed by atoms with van der Waals surface area (Å²) >= 11 is 0. The predicted octanol–water partition coefficient (Wildman–Crippen LogP) is 6.57. The summed E-state index contributed by atoms with van der Waals surface area (Å²) in [5.41, 5.74) is 0.639. The lowest BCUT2D eigenvalue weighted by molar-refractivity contribution is -0.400. The monoisotopic (exact) mass is 1400 g/mol. The van der Waals surface area contributed by atoms with Gasteiger partial charge in [0.05, 0.1) is 43.0 Å². The van der Waals surface area contributed by atoms with Crippen LogP contribution in [0.3, 0.4) is 0 Å². The van der Waals surface area contributed by atoms with E-state index >= 15 is 0 Å². The molecule has 0 aromatic heterocycles. The van der Waals surface area contributed by atoms with Crippen LogP contribution in [0.1, 0.15) is 215 Å². The zero-order valence-corrected chi connectivity index (χ0v) is 58.7. The lowest BCUT2D eigenvalue weighted by Gasteiger charge is -2.51. The molecule has 0 radical (unpaired) electrons. The molecule has 27 atom stereocenters. The van der Waals surface area contributed by atoms with Gasteiger partial charge in [0.15, 0.2) is 55.9 Å². The Hall–Kier alpha value is -3.88. The smallest absolute Gasteiger partial charge is 0.331 e. The number of hydrogen-bond acceptors (Lipinski definition) is 26. The number of rotatable bonds is 28. The van der Waals surface area contributed by atoms with Crippen LogP contribution in [0.25, 0.3) is 6.08 Å². The fourth-order valence-electron chi connectivity index (χ4n) is 13.4. The van der Waals surface area contributed by atoms with Crippen molar-refractivity contribution in [2.24, 2.45) is 5.92 Å². The highest BCUT2D eigenvalue weighted by atomic mass is 16.8. The third-order valence-electron chi connectivity index (χ3n) is 19.6. The van der Waals surface area contributed by atoms with Crippen LogP contribution >= 0.6 is 0 Å². The fraction of sp³-hybridized carbons (Fsp3) is 0.833. The van der Waals surface area contributed by atoms with Crippen LogP contribution < -0.4 is 0 Å². The van der Waals surface area contributed by atoms with Crippen molar-refractivity contribution in [3.05, 3.63) is 42.0 Å². The van der Waals surface area contributed by atoms with Crippen LogP contribution in [0.2, 0.25) is 0 Å². The van der Waals surface area contributed by atoms with E-state index in [2.05, 4.69) is 13.8 Å². The predicted molar refractivity (Wildman–Crippen MR) is 351 cm³/mol. The lowest BCUT2D eigenvalue weighted by atomic mass is 9.95. The normalized spacial score (nSPS) is 38.3. The maximum absolute atomic E-state index is 14.6. The molecule has 6 aliphatic rings. The maximum atomic E-state index is 14.6. The first kappa shape index (κ1) is 81.4. The average Bonchev–Trinajstić information content (AvgIpc) is 0.767. The second kappa shape index (κ2) is 41.4. The van der Waals surface area contributed by atoms with E-state index in [0.29, 0.717) is 50.5 Å². The minimum absolute atomic E-state index is 0.0663. The van der Waals surface area contributed by atoms with Gasteiger partial charge in [-0.2, -0.15) is 0 Å². The van der Waals surface area contributed by atoms with Crippen molar-refractivity contribution in [2.75, 3.05) is 6.61 Å². The van der Waals surface area contributed by atoms with Gasteiger partial charge in [-0.15, -0.1) is 0 Å². The molecule has 0 spiro atoms. The first-order chi connectivity index (χ1) is 47.1. The van der Waals surface area contributed by atoms with E-state index in [9.17, 15) is 60.0 Å². The number of unbranched alkanes of at least 4 members (excludes halogenated alkanes) is 10. The zero-order valence-electron chi connectivity index (χ0n) is 58.7. The number of benzene rings is 1. The molecular weight excluding hydrogens is 1280 g/mol. The first-order valence-corrected chi connectivity index (χ1v) is 36.5. The second-order valence-electron chi connectivity index (χ2n) is 27.5. The van der Waals surface area contributed by atoms with Crippen molar-refractivity contribution >= 4 is 30.0 Å². The van der Waals surface area contributed by atoms with E-state index in [4.69, 9.17) is 66.3 Å². The molecule has 1 unspecified atom stereocenters. The van der Waals surface area contributed by atoms with Crippen molar-refractivity contribution in [2.45, 2.75) is 369 Å². The van der Waals surface area contributed by atoms with Gasteiger partial charge in [0.2, 0.25) is 0 Å². The van der Waals surface area contributed by atoms with Gasteiger partial charge in [-0.3, -0.25) is 14.4 Å². The molecule has 1 aromatic carbocycles. The molecule has 7 rings (SSSR count). The number of fused-ring (bicyclic) bond motifs is 2. The molecule has 0 aliphatic carbocycles. The van der Waals surface area contributed by atoms with Gasteiger partial charge in [0.25, 0.3) is 0 Å². The van der Waals surface area contributed by atoms with Gasteiger partial charge >= 0.3 is 23.9 Å². The molecule has 0 saturated carbocycles. The molecule has 6 aliphatic heterocycles. The van der Waals surface area contributed by atoms with Gasteiger partial charge < -0.3 is 107 Å². The SMILES string of the molecule is CCCCCCCCCCCC(=O)O[C@H]1[C@H](O[C@@H]2[C@@H](O)[C@H]3OC(=O)CCCCCCCCC[C@H](CCCCC)O[C@@H]4O[C@H](CO)[C@@H](O)[C@H](O)[C@H]4O[C@@H]3O[C@H]2C)O[C@@H](C)[C@H](O[C@@H]2O[C@@H](C)[C@H](OC(=O)C(C)CC)[C@@H](O)[C@H]2OC(=O)/C=C/c2ccccc2)[C@H]1O[C@@H]1O[C@@H](C)[C@H](O)[C@@H](O)[C@H]1O. The van der Waals surface area contributed by atoms with E-state index in [1.54, 1.807) is 44.2 Å². The molecule has 6 heterocycles. The Morgan fingerprint density at radius 2 is 1.10 bits per heavy atom. The highest BCUT2D eigenvalue weighted by Gasteiger charge is 2.59. The molecular formula is C72H116O26. The largest absolute Gasteiger partial charge is 0.456 e. The number of aliphatic hydroxyl groups excluding tert-OH is 8. The van der Waals surface area contributed by atoms with E-state index in [1.807, 2.05) is 0 Å². The summed E-state index contributed by atoms with van der Waals surface area (Å²) in [7, 11) is 0. The van der Waals surface area contributed by atoms with E-state index < -0.39 is 190 Å². The number of hydrogen-bond donors (Lipinski definition) is 8. The van der Waals surface area contributed by atoms with Crippen molar-refractivity contribution < 1.29 is 126 Å². The number of aliphatic hydroxyl groups is 8. The summed E-state index contributed by atoms with van der Waals surface area (Å²) in [5, 5.41) is 92.5. The quantitative estimate of drug-likeness (QED) is 0.0190. The number of carbonyl (C=O) groups is 4. The number of esters is 4. The molecule has 8 N–H and O–H groups in total. The summed E-state index contributed by atoms with van der Waals surface area (Å²) < 4.78 is 89.7. The van der Waals surface area contributed by atoms with Crippen LogP contribution in [-0.2, 0) is 85.5 Å². The second-order valence-corrected chi connectivity index (χ2v) is 27.5. The number of carbonyl (C=O) groups excluding carboxylic acids is 4. The standard InChI is InChI=1S/C72H116O26/c1-9-12-14-15-16-17-20-23-31-37-50(75)93-66-65(98-68-56(81)54(79)52(77)42(5)85-68)61(96-69-63(92-51(76)39-38-46-32-27-25-28-33-46)57(82)59(43(6)86-69)94-67(84)41(4)11-3)45(8)88-72(66)95-60-44(7)87-70-64(58(60)83)91-49(74)36-30-24-21-18-19-22-29-35-47(34-26-13-10-2)89-71-62(97-70)55(80)53(78)48(40-73)90-71/h25,27-28,32-33,38-39,41-45,47-48,52-66,68-73,77-83H,9-24,26,29-31,34-37,40H2,1-8H3/b39-38+/t41?,42-,43-,44-,45-,47-,48+,52-,53+,54+,55-,56+,57+,58+,59-,60-,61-,62+,63+,64+,65+,66+,68-,69-,70-,71+,72-/m0/s1. The summed E-state index contributed by atoms with van der Waals surface area (Å²) in [6.07, 6.45) is -19.9. The third kappa shape index (κ3) is 23.3. The van der Waals surface area contributed by atoms with Crippen molar-refractivity contribution in [1.82, 2.24) is 0 Å². The number of ether oxygens (including phenoxy) is 14. The summed E-state index contributed by atoms with van der Waals surface area (Å²) in [6.45, 7) is 13.0. The van der Waals surface area contributed by atoms with Gasteiger partial charge in [0, 0.05) is 18.9 Å². The van der Waals surface area contributed by atoms with Crippen LogP contribution in [0, 0.1) is 5.92 Å². The zero-order chi connectivity index (χ0) is 71.0. The molecule has 26 heteroatoms. The molecule has 26 nitrogen and oxygen atoms in total. The maximum Gasteiger partial charge on any atom is 0.331 e. The Labute approximate surface area is 577 Å². The van der Waals surface area contributed by atoms with Gasteiger partial charge in [0.1, 0.15) is 73.2 Å². The first-order valence-electron chi connectivity index (χ1n) is 36.5. The van der Waals surface area contributed by atoms with Crippen molar-refractivity contribution in [3.8, 4) is 0 Å². The topological polar surface area (TPSA) is 359 Å². The summed E-state index contributed by atoms with van der Waals surface area (Å²) in [4.78, 5) is 55.9. The minimum Gasteiger partial charge on any atom is -0.456 e.